The molecule has 3 heteroatoms. The van der Waals surface area contributed by atoms with Crippen LogP contribution in [-0.2, 0) is 5.88 Å². The Morgan fingerprint density at radius 3 is 2.88 bits per heavy atom. The first kappa shape index (κ1) is 11.0. The lowest BCUT2D eigenvalue weighted by atomic mass is 10.2. The lowest BCUT2D eigenvalue weighted by molar-refractivity contribution is 0.462. The first-order valence-electron chi connectivity index (χ1n) is 5.03. The normalized spacial score (nSPS) is 10.1. The Morgan fingerprint density at radius 2 is 2.12 bits per heavy atom. The molecule has 1 aromatic carbocycles. The Balaban J connectivity index is 2.20. The molecule has 2 rings (SSSR count). The van der Waals surface area contributed by atoms with Crippen molar-refractivity contribution in [3.8, 4) is 11.6 Å². The smallest absolute Gasteiger partial charge is 0.219 e. The summed E-state index contributed by atoms with van der Waals surface area (Å²) in [7, 11) is 0. The molecule has 0 spiro atoms. The average Bonchev–Trinajstić information content (AvgIpc) is 2.29. The number of aromatic nitrogens is 1. The van der Waals surface area contributed by atoms with Gasteiger partial charge in [-0.1, -0.05) is 12.1 Å². The molecule has 0 aliphatic heterocycles. The Hall–Kier alpha value is -1.54. The largest absolute Gasteiger partial charge is 0.439 e. The van der Waals surface area contributed by atoms with Gasteiger partial charge in [-0.2, -0.15) is 0 Å². The second-order valence-electron chi connectivity index (χ2n) is 3.55. The lowest BCUT2D eigenvalue weighted by Crippen LogP contribution is -1.89. The monoisotopic (exact) mass is 233 g/mol. The molecule has 82 valence electrons. The molecule has 1 aromatic heterocycles. The number of pyridine rings is 1. The molecule has 0 N–H and O–H groups in total. The quantitative estimate of drug-likeness (QED) is 0.750. The van der Waals surface area contributed by atoms with Gasteiger partial charge >= 0.3 is 0 Å². The van der Waals surface area contributed by atoms with Crippen molar-refractivity contribution < 1.29 is 4.74 Å². The van der Waals surface area contributed by atoms with Gasteiger partial charge < -0.3 is 4.74 Å². The Labute approximate surface area is 99.9 Å². The van der Waals surface area contributed by atoms with E-state index < -0.39 is 0 Å². The number of aryl methyl sites for hydroxylation is 1. The summed E-state index contributed by atoms with van der Waals surface area (Å²) < 4.78 is 5.63. The molecule has 0 bridgehead atoms. The number of hydrogen-bond acceptors (Lipinski definition) is 2. The molecule has 0 fully saturated rings. The molecular weight excluding hydrogens is 222 g/mol. The van der Waals surface area contributed by atoms with Gasteiger partial charge in [0.15, 0.2) is 0 Å². The second kappa shape index (κ2) is 4.99. The topological polar surface area (TPSA) is 22.1 Å². The number of hydrogen-bond donors (Lipinski definition) is 0. The summed E-state index contributed by atoms with van der Waals surface area (Å²) >= 11 is 5.74. The highest BCUT2D eigenvalue weighted by atomic mass is 35.5. The molecule has 0 saturated carbocycles. The van der Waals surface area contributed by atoms with Crippen LogP contribution in [-0.4, -0.2) is 4.98 Å². The van der Waals surface area contributed by atoms with Gasteiger partial charge in [0, 0.05) is 18.1 Å². The van der Waals surface area contributed by atoms with Crippen molar-refractivity contribution >= 4 is 11.6 Å². The molecule has 0 atom stereocenters. The van der Waals surface area contributed by atoms with Crippen LogP contribution >= 0.6 is 11.6 Å². The first-order chi connectivity index (χ1) is 7.78. The highest BCUT2D eigenvalue weighted by molar-refractivity contribution is 6.17. The summed E-state index contributed by atoms with van der Waals surface area (Å²) in [5.41, 5.74) is 2.16. The van der Waals surface area contributed by atoms with E-state index in [1.165, 1.54) is 0 Å². The van der Waals surface area contributed by atoms with Gasteiger partial charge in [0.1, 0.15) is 5.75 Å². The zero-order valence-electron chi connectivity index (χ0n) is 8.98. The fraction of sp³-hybridized carbons (Fsp3) is 0.154. The summed E-state index contributed by atoms with van der Waals surface area (Å²) in [4.78, 5) is 4.13. The molecule has 0 aliphatic rings. The van der Waals surface area contributed by atoms with Gasteiger partial charge in [-0.15, -0.1) is 11.6 Å². The number of nitrogens with zero attached hydrogens (tertiary/aromatic N) is 1. The van der Waals surface area contributed by atoms with Crippen molar-refractivity contribution in [3.05, 3.63) is 53.7 Å². The maximum Gasteiger partial charge on any atom is 0.219 e. The fourth-order valence-electron chi connectivity index (χ4n) is 1.39. The van der Waals surface area contributed by atoms with Gasteiger partial charge in [-0.3, -0.25) is 0 Å². The third-order valence-electron chi connectivity index (χ3n) is 2.17. The van der Waals surface area contributed by atoms with Crippen molar-refractivity contribution in [2.75, 3.05) is 0 Å². The van der Waals surface area contributed by atoms with E-state index in [2.05, 4.69) is 4.98 Å². The minimum Gasteiger partial charge on any atom is -0.439 e. The van der Waals surface area contributed by atoms with E-state index >= 15 is 0 Å². The van der Waals surface area contributed by atoms with E-state index in [9.17, 15) is 0 Å². The molecule has 0 saturated heterocycles. The van der Waals surface area contributed by atoms with Gasteiger partial charge in [0.25, 0.3) is 0 Å². The predicted octanol–water partition coefficient (Wildman–Crippen LogP) is 3.92. The van der Waals surface area contributed by atoms with E-state index in [-0.39, 0.29) is 0 Å². The van der Waals surface area contributed by atoms with E-state index in [0.717, 1.165) is 16.9 Å². The van der Waals surface area contributed by atoms with Crippen LogP contribution in [0.3, 0.4) is 0 Å². The zero-order chi connectivity index (χ0) is 11.4. The van der Waals surface area contributed by atoms with Crippen LogP contribution in [0.1, 0.15) is 11.1 Å². The van der Waals surface area contributed by atoms with Crippen molar-refractivity contribution in [3.63, 3.8) is 0 Å². The third-order valence-corrected chi connectivity index (χ3v) is 2.47. The molecule has 0 radical (unpaired) electrons. The van der Waals surface area contributed by atoms with Crippen molar-refractivity contribution in [2.45, 2.75) is 12.8 Å². The van der Waals surface area contributed by atoms with E-state index in [1.807, 2.05) is 43.3 Å². The van der Waals surface area contributed by atoms with Crippen LogP contribution in [0.2, 0.25) is 0 Å². The maximum atomic E-state index is 5.74. The molecule has 1 heterocycles. The van der Waals surface area contributed by atoms with Gasteiger partial charge in [-0.05, 0) is 36.2 Å². The number of halogens is 1. The highest BCUT2D eigenvalue weighted by Crippen LogP contribution is 2.21. The first-order valence-corrected chi connectivity index (χ1v) is 5.57. The van der Waals surface area contributed by atoms with Gasteiger partial charge in [0.2, 0.25) is 5.88 Å². The van der Waals surface area contributed by atoms with Gasteiger partial charge in [0.05, 0.1) is 0 Å². The Bertz CT molecular complexity index is 485. The number of ether oxygens (including phenoxy) is 1. The molecule has 2 aromatic rings. The Morgan fingerprint density at radius 1 is 1.25 bits per heavy atom. The SMILES string of the molecule is Cc1cccc(Oc2cc(CCl)ccn2)c1. The Kier molecular flexibility index (Phi) is 3.42. The van der Waals surface area contributed by atoms with Crippen LogP contribution in [0.15, 0.2) is 42.6 Å². The average molecular weight is 234 g/mol. The van der Waals surface area contributed by atoms with Crippen LogP contribution in [0.4, 0.5) is 0 Å². The van der Waals surface area contributed by atoms with E-state index in [0.29, 0.717) is 11.8 Å². The van der Waals surface area contributed by atoms with E-state index in [1.54, 1.807) is 6.20 Å². The molecule has 0 aliphatic carbocycles. The molecule has 0 unspecified atom stereocenters. The van der Waals surface area contributed by atoms with Crippen LogP contribution in [0, 0.1) is 6.92 Å². The predicted molar refractivity (Wildman–Crippen MR) is 65.0 cm³/mol. The lowest BCUT2D eigenvalue weighted by Gasteiger charge is -2.05. The summed E-state index contributed by atoms with van der Waals surface area (Å²) in [5.74, 6) is 1.83. The van der Waals surface area contributed by atoms with Crippen LogP contribution in [0.25, 0.3) is 0 Å². The van der Waals surface area contributed by atoms with Crippen molar-refractivity contribution in [1.82, 2.24) is 4.98 Å². The van der Waals surface area contributed by atoms with Crippen molar-refractivity contribution in [2.24, 2.45) is 0 Å². The second-order valence-corrected chi connectivity index (χ2v) is 3.82. The van der Waals surface area contributed by atoms with Crippen molar-refractivity contribution in [1.29, 1.82) is 0 Å². The van der Waals surface area contributed by atoms with Crippen LogP contribution in [0.5, 0.6) is 11.6 Å². The van der Waals surface area contributed by atoms with E-state index in [4.69, 9.17) is 16.3 Å². The number of benzene rings is 1. The highest BCUT2D eigenvalue weighted by Gasteiger charge is 1.99. The molecule has 0 amide bonds. The molecule has 16 heavy (non-hydrogen) atoms. The van der Waals surface area contributed by atoms with Crippen LogP contribution < -0.4 is 4.74 Å². The maximum absolute atomic E-state index is 5.74. The molecular formula is C13H12ClNO. The minimum absolute atomic E-state index is 0.465. The zero-order valence-corrected chi connectivity index (χ0v) is 9.74. The van der Waals surface area contributed by atoms with Gasteiger partial charge in [-0.25, -0.2) is 4.98 Å². The standard InChI is InChI=1S/C13H12ClNO/c1-10-3-2-4-12(7-10)16-13-8-11(9-14)5-6-15-13/h2-8H,9H2,1H3. The summed E-state index contributed by atoms with van der Waals surface area (Å²) in [5, 5.41) is 0. The fourth-order valence-corrected chi connectivity index (χ4v) is 1.56. The molecule has 2 nitrogen and oxygen atoms in total. The number of rotatable bonds is 3. The third kappa shape index (κ3) is 2.74. The minimum atomic E-state index is 0.465. The summed E-state index contributed by atoms with van der Waals surface area (Å²) in [6.45, 7) is 2.02. The summed E-state index contributed by atoms with van der Waals surface area (Å²) in [6.07, 6.45) is 1.70. The number of alkyl halides is 1. The summed E-state index contributed by atoms with van der Waals surface area (Å²) in [6, 6.07) is 11.6.